The van der Waals surface area contributed by atoms with Gasteiger partial charge in [-0.05, 0) is 53.2 Å². The molecule has 4 unspecified atom stereocenters. The Balaban J connectivity index is 1.82. The van der Waals surface area contributed by atoms with Gasteiger partial charge in [-0.1, -0.05) is 72.8 Å². The molecule has 0 bridgehead atoms. The van der Waals surface area contributed by atoms with Gasteiger partial charge >= 0.3 is 0 Å². The van der Waals surface area contributed by atoms with Crippen molar-refractivity contribution in [3.63, 3.8) is 0 Å². The fourth-order valence-corrected chi connectivity index (χ4v) is 4.93. The molecule has 1 aliphatic carbocycles. The Bertz CT molecular complexity index is 979. The summed E-state index contributed by atoms with van der Waals surface area (Å²) in [6.07, 6.45) is 5.94. The lowest BCUT2D eigenvalue weighted by molar-refractivity contribution is -0.0329. The summed E-state index contributed by atoms with van der Waals surface area (Å²) in [6, 6.07) is 23.1. The number of likely N-dealkylation sites (N-methyl/N-ethyl adjacent to an activating group) is 1. The van der Waals surface area contributed by atoms with Gasteiger partial charge in [0.25, 0.3) is 0 Å². The Labute approximate surface area is 163 Å². The highest BCUT2D eigenvalue weighted by Crippen LogP contribution is 2.40. The number of benzene rings is 3. The van der Waals surface area contributed by atoms with Crippen LogP contribution in [-0.2, 0) is 12.0 Å². The molecule has 27 heavy (non-hydrogen) atoms. The van der Waals surface area contributed by atoms with E-state index in [0.717, 1.165) is 23.5 Å². The maximum Gasteiger partial charge on any atom is 0.112 e. The summed E-state index contributed by atoms with van der Waals surface area (Å²) in [7, 11) is 4.72. The summed E-state index contributed by atoms with van der Waals surface area (Å²) in [6.45, 7) is 0. The van der Waals surface area contributed by atoms with Gasteiger partial charge in [0.1, 0.15) is 5.60 Å². The highest BCUT2D eigenvalue weighted by atomic mass is 31.0. The van der Waals surface area contributed by atoms with E-state index in [1.807, 2.05) is 19.2 Å². The van der Waals surface area contributed by atoms with E-state index in [9.17, 15) is 5.11 Å². The fraction of sp³-hybridized carbons (Fsp3) is 0.250. The van der Waals surface area contributed by atoms with Crippen LogP contribution in [0.15, 0.2) is 72.8 Å². The van der Waals surface area contributed by atoms with Gasteiger partial charge in [-0.15, -0.1) is 9.24 Å². The van der Waals surface area contributed by atoms with E-state index in [-0.39, 0.29) is 12.0 Å². The van der Waals surface area contributed by atoms with Crippen molar-refractivity contribution in [2.24, 2.45) is 5.92 Å². The summed E-state index contributed by atoms with van der Waals surface area (Å²) < 4.78 is 0. The van der Waals surface area contributed by atoms with Crippen molar-refractivity contribution in [1.82, 2.24) is 5.32 Å². The molecule has 0 fully saturated rings. The van der Waals surface area contributed by atoms with Gasteiger partial charge in [0.05, 0.1) is 0 Å². The van der Waals surface area contributed by atoms with Crippen LogP contribution in [0, 0.1) is 5.92 Å². The molecule has 0 saturated carbocycles. The lowest BCUT2D eigenvalue weighted by Gasteiger charge is -2.42. The summed E-state index contributed by atoms with van der Waals surface area (Å²) in [5, 5.41) is 17.8. The molecular formula is C24H26NOP. The maximum atomic E-state index is 12.1. The summed E-state index contributed by atoms with van der Waals surface area (Å²) in [5.41, 5.74) is 2.52. The molecule has 3 aromatic rings. The van der Waals surface area contributed by atoms with E-state index in [1.165, 1.54) is 16.5 Å². The van der Waals surface area contributed by atoms with Crippen molar-refractivity contribution in [1.29, 1.82) is 0 Å². The van der Waals surface area contributed by atoms with Gasteiger partial charge in [-0.25, -0.2) is 0 Å². The topological polar surface area (TPSA) is 32.3 Å². The molecule has 0 heterocycles. The molecule has 138 valence electrons. The minimum absolute atomic E-state index is 0.00608. The molecule has 0 spiro atoms. The first-order chi connectivity index (χ1) is 13.2. The molecule has 2 N–H and O–H groups in total. The molecule has 2 nitrogen and oxygen atoms in total. The van der Waals surface area contributed by atoms with E-state index in [4.69, 9.17) is 0 Å². The summed E-state index contributed by atoms with van der Waals surface area (Å²) in [4.78, 5) is 0. The van der Waals surface area contributed by atoms with Crippen LogP contribution in [0.4, 0.5) is 0 Å². The first-order valence-electron chi connectivity index (χ1n) is 9.52. The van der Waals surface area contributed by atoms with Crippen molar-refractivity contribution >= 4 is 26.1 Å². The molecule has 0 aromatic heterocycles. The van der Waals surface area contributed by atoms with Crippen LogP contribution in [0.1, 0.15) is 16.7 Å². The third kappa shape index (κ3) is 3.23. The number of hydrogen-bond donors (Lipinski definition) is 2. The van der Waals surface area contributed by atoms with Gasteiger partial charge < -0.3 is 10.4 Å². The normalized spacial score (nSPS) is 19.4. The Kier molecular flexibility index (Phi) is 5.14. The lowest BCUT2D eigenvalue weighted by atomic mass is 9.71. The SMILES string of the molecule is CNC(CP)C(O)(c1ccc2ccccc2c1)C1C=Cc2ccccc2C1. The largest absolute Gasteiger partial charge is 0.383 e. The Morgan fingerprint density at radius 3 is 2.59 bits per heavy atom. The lowest BCUT2D eigenvalue weighted by Crippen LogP contribution is -2.53. The Hall–Kier alpha value is -1.99. The van der Waals surface area contributed by atoms with Crippen LogP contribution < -0.4 is 5.32 Å². The Morgan fingerprint density at radius 1 is 1.07 bits per heavy atom. The smallest absolute Gasteiger partial charge is 0.112 e. The predicted octanol–water partition coefficient (Wildman–Crippen LogP) is 4.38. The molecule has 0 radical (unpaired) electrons. The van der Waals surface area contributed by atoms with Crippen LogP contribution in [0.25, 0.3) is 16.8 Å². The average molecular weight is 375 g/mol. The van der Waals surface area contributed by atoms with E-state index < -0.39 is 5.60 Å². The van der Waals surface area contributed by atoms with E-state index >= 15 is 0 Å². The van der Waals surface area contributed by atoms with Gasteiger partial charge in [0.15, 0.2) is 0 Å². The number of rotatable bonds is 5. The van der Waals surface area contributed by atoms with Crippen molar-refractivity contribution in [2.45, 2.75) is 18.1 Å². The zero-order chi connectivity index (χ0) is 18.9. The second-order valence-corrected chi connectivity index (χ2v) is 7.80. The van der Waals surface area contributed by atoms with E-state index in [1.54, 1.807) is 0 Å². The average Bonchev–Trinajstić information content (AvgIpc) is 2.73. The van der Waals surface area contributed by atoms with Gasteiger partial charge in [0.2, 0.25) is 0 Å². The minimum Gasteiger partial charge on any atom is -0.383 e. The summed E-state index contributed by atoms with van der Waals surface area (Å²) in [5.74, 6) is 0.00608. The number of nitrogens with one attached hydrogen (secondary N) is 1. The molecule has 0 saturated heterocycles. The second-order valence-electron chi connectivity index (χ2n) is 7.33. The minimum atomic E-state index is -0.995. The predicted molar refractivity (Wildman–Crippen MR) is 118 cm³/mol. The van der Waals surface area contributed by atoms with E-state index in [2.05, 4.69) is 81.3 Å². The van der Waals surface area contributed by atoms with Crippen molar-refractivity contribution < 1.29 is 5.11 Å². The number of aliphatic hydroxyl groups is 1. The van der Waals surface area contributed by atoms with Crippen LogP contribution in [0.5, 0.6) is 0 Å². The quantitative estimate of drug-likeness (QED) is 0.649. The molecule has 0 aliphatic heterocycles. The van der Waals surface area contributed by atoms with E-state index in [0.29, 0.717) is 0 Å². The second kappa shape index (κ2) is 7.56. The van der Waals surface area contributed by atoms with Crippen molar-refractivity contribution in [2.75, 3.05) is 13.2 Å². The number of hydrogen-bond acceptors (Lipinski definition) is 2. The molecular weight excluding hydrogens is 349 g/mol. The first kappa shape index (κ1) is 18.4. The highest BCUT2D eigenvalue weighted by Gasteiger charge is 2.44. The fourth-order valence-electron chi connectivity index (χ4n) is 4.34. The summed E-state index contributed by atoms with van der Waals surface area (Å²) >= 11 is 0. The van der Waals surface area contributed by atoms with Gasteiger partial charge in [-0.3, -0.25) is 0 Å². The molecule has 4 rings (SSSR count). The molecule has 0 amide bonds. The van der Waals surface area contributed by atoms with Crippen LogP contribution >= 0.6 is 9.24 Å². The van der Waals surface area contributed by atoms with Crippen LogP contribution in [0.2, 0.25) is 0 Å². The zero-order valence-electron chi connectivity index (χ0n) is 15.6. The van der Waals surface area contributed by atoms with Crippen LogP contribution in [-0.4, -0.2) is 24.4 Å². The molecule has 4 atom stereocenters. The highest BCUT2D eigenvalue weighted by molar-refractivity contribution is 7.16. The first-order valence-corrected chi connectivity index (χ1v) is 10.3. The third-order valence-electron chi connectivity index (χ3n) is 5.90. The number of fused-ring (bicyclic) bond motifs is 2. The third-order valence-corrected chi connectivity index (χ3v) is 6.37. The Morgan fingerprint density at radius 2 is 1.81 bits per heavy atom. The molecule has 3 heteroatoms. The van der Waals surface area contributed by atoms with Gasteiger partial charge in [0, 0.05) is 12.0 Å². The zero-order valence-corrected chi connectivity index (χ0v) is 16.8. The monoisotopic (exact) mass is 375 g/mol. The van der Waals surface area contributed by atoms with Gasteiger partial charge in [-0.2, -0.15) is 0 Å². The molecule has 1 aliphatic rings. The van der Waals surface area contributed by atoms with Crippen LogP contribution in [0.3, 0.4) is 0 Å². The van der Waals surface area contributed by atoms with Crippen molar-refractivity contribution in [3.8, 4) is 0 Å². The van der Waals surface area contributed by atoms with Crippen molar-refractivity contribution in [3.05, 3.63) is 89.5 Å². The molecule has 3 aromatic carbocycles. The standard InChI is InChI=1S/C24H26NOP/c1-25-23(16-27)24(26,21-12-10-17-6-2-4-8-19(17)14-21)22-13-11-18-7-3-5-9-20(18)15-22/h2-14,22-23,25-26H,15-16,27H2,1H3. The maximum absolute atomic E-state index is 12.1.